The SMILES string of the molecule is C#CCOc1ccc(/C=C2/SC(=O)N(Cc3cccc([N+](=O)[O-])c3)C2=O)cc1OCC. The number of ether oxygens (including phenoxy) is 2. The van der Waals surface area contributed by atoms with Crippen molar-refractivity contribution < 1.29 is 24.0 Å². The van der Waals surface area contributed by atoms with Crippen molar-refractivity contribution in [3.8, 4) is 23.8 Å². The summed E-state index contributed by atoms with van der Waals surface area (Å²) >= 11 is 0.810. The van der Waals surface area contributed by atoms with E-state index in [0.29, 0.717) is 29.2 Å². The molecular formula is C22H18N2O6S. The molecule has 0 radical (unpaired) electrons. The number of rotatable bonds is 8. The lowest BCUT2D eigenvalue weighted by Gasteiger charge is -2.12. The van der Waals surface area contributed by atoms with Crippen LogP contribution >= 0.6 is 11.8 Å². The monoisotopic (exact) mass is 438 g/mol. The Labute approximate surface area is 183 Å². The van der Waals surface area contributed by atoms with Crippen LogP contribution in [0.3, 0.4) is 0 Å². The summed E-state index contributed by atoms with van der Waals surface area (Å²) in [6.07, 6.45) is 6.81. The number of nitrogens with zero attached hydrogens (tertiary/aromatic N) is 2. The predicted octanol–water partition coefficient (Wildman–Crippen LogP) is 4.24. The number of imide groups is 1. The van der Waals surface area contributed by atoms with Gasteiger partial charge in [-0.05, 0) is 48.0 Å². The van der Waals surface area contributed by atoms with Crippen molar-refractivity contribution in [2.24, 2.45) is 0 Å². The topological polar surface area (TPSA) is 99.0 Å². The molecule has 8 nitrogen and oxygen atoms in total. The van der Waals surface area contributed by atoms with Crippen LogP contribution in [0.4, 0.5) is 10.5 Å². The highest BCUT2D eigenvalue weighted by molar-refractivity contribution is 8.18. The van der Waals surface area contributed by atoms with E-state index in [9.17, 15) is 19.7 Å². The number of benzene rings is 2. The van der Waals surface area contributed by atoms with Gasteiger partial charge in [0.25, 0.3) is 16.8 Å². The summed E-state index contributed by atoms with van der Waals surface area (Å²) in [7, 11) is 0. The zero-order chi connectivity index (χ0) is 22.4. The second kappa shape index (κ2) is 9.82. The molecular weight excluding hydrogens is 420 g/mol. The number of non-ortho nitro benzene ring substituents is 1. The lowest BCUT2D eigenvalue weighted by molar-refractivity contribution is -0.384. The van der Waals surface area contributed by atoms with Gasteiger partial charge in [0.1, 0.15) is 6.61 Å². The fourth-order valence-corrected chi connectivity index (χ4v) is 3.70. The molecule has 0 aromatic heterocycles. The van der Waals surface area contributed by atoms with Crippen LogP contribution in [0.25, 0.3) is 6.08 Å². The Morgan fingerprint density at radius 3 is 2.71 bits per heavy atom. The van der Waals surface area contributed by atoms with E-state index in [0.717, 1.165) is 16.7 Å². The average Bonchev–Trinajstić information content (AvgIpc) is 3.01. The molecule has 31 heavy (non-hydrogen) atoms. The molecule has 0 N–H and O–H groups in total. The van der Waals surface area contributed by atoms with Crippen molar-refractivity contribution in [1.29, 1.82) is 0 Å². The fraction of sp³-hybridized carbons (Fsp3) is 0.182. The third kappa shape index (κ3) is 5.24. The van der Waals surface area contributed by atoms with Crippen LogP contribution in [0, 0.1) is 22.5 Å². The summed E-state index contributed by atoms with van der Waals surface area (Å²) in [6.45, 7) is 2.29. The van der Waals surface area contributed by atoms with Crippen molar-refractivity contribution in [1.82, 2.24) is 4.90 Å². The van der Waals surface area contributed by atoms with E-state index >= 15 is 0 Å². The molecule has 3 rings (SSSR count). The van der Waals surface area contributed by atoms with Gasteiger partial charge in [0.05, 0.1) is 23.0 Å². The molecule has 9 heteroatoms. The van der Waals surface area contributed by atoms with Crippen molar-refractivity contribution in [3.05, 3.63) is 68.6 Å². The Bertz CT molecular complexity index is 1110. The van der Waals surface area contributed by atoms with E-state index in [1.165, 1.54) is 18.2 Å². The number of carbonyl (C=O) groups is 2. The minimum atomic E-state index is -0.524. The van der Waals surface area contributed by atoms with Crippen molar-refractivity contribution >= 4 is 34.7 Å². The Balaban J connectivity index is 1.81. The van der Waals surface area contributed by atoms with Crippen LogP contribution in [0.1, 0.15) is 18.1 Å². The van der Waals surface area contributed by atoms with Crippen LogP contribution < -0.4 is 9.47 Å². The van der Waals surface area contributed by atoms with Crippen LogP contribution in [0.5, 0.6) is 11.5 Å². The van der Waals surface area contributed by atoms with E-state index in [1.807, 2.05) is 6.92 Å². The molecule has 2 amide bonds. The molecule has 0 bridgehead atoms. The van der Waals surface area contributed by atoms with Crippen molar-refractivity contribution in [2.75, 3.05) is 13.2 Å². The van der Waals surface area contributed by atoms with Gasteiger partial charge in [-0.2, -0.15) is 0 Å². The molecule has 0 aliphatic carbocycles. The van der Waals surface area contributed by atoms with Crippen LogP contribution in [0.2, 0.25) is 0 Å². The summed E-state index contributed by atoms with van der Waals surface area (Å²) in [5.41, 5.74) is 1.04. The first-order valence-electron chi connectivity index (χ1n) is 9.24. The van der Waals surface area contributed by atoms with E-state index in [-0.39, 0.29) is 23.7 Å². The standard InChI is InChI=1S/C22H18N2O6S/c1-3-10-30-18-9-8-15(12-19(18)29-4-2)13-20-21(25)23(22(26)31-20)14-16-6-5-7-17(11-16)24(27)28/h1,5-9,11-13H,4,10,14H2,2H3/b20-13+. The van der Waals surface area contributed by atoms with Crippen molar-refractivity contribution in [2.45, 2.75) is 13.5 Å². The quantitative estimate of drug-likeness (QED) is 0.263. The molecule has 1 heterocycles. The Morgan fingerprint density at radius 2 is 2.00 bits per heavy atom. The number of thioether (sulfide) groups is 1. The van der Waals surface area contributed by atoms with E-state index in [2.05, 4.69) is 5.92 Å². The first kappa shape index (κ1) is 21.9. The molecule has 1 aliphatic heterocycles. The van der Waals surface area contributed by atoms with E-state index in [4.69, 9.17) is 15.9 Å². The molecule has 1 saturated heterocycles. The Morgan fingerprint density at radius 1 is 1.19 bits per heavy atom. The average molecular weight is 438 g/mol. The molecule has 0 spiro atoms. The molecule has 0 atom stereocenters. The zero-order valence-electron chi connectivity index (χ0n) is 16.6. The maximum Gasteiger partial charge on any atom is 0.293 e. The van der Waals surface area contributed by atoms with Crippen molar-refractivity contribution in [3.63, 3.8) is 0 Å². The van der Waals surface area contributed by atoms with Crippen LogP contribution in [0.15, 0.2) is 47.4 Å². The summed E-state index contributed by atoms with van der Waals surface area (Å²) in [6, 6.07) is 10.9. The number of terminal acetylenes is 1. The van der Waals surface area contributed by atoms with Gasteiger partial charge in [0, 0.05) is 12.1 Å². The van der Waals surface area contributed by atoms with Gasteiger partial charge in [0.2, 0.25) is 0 Å². The smallest absolute Gasteiger partial charge is 0.293 e. The number of carbonyl (C=O) groups excluding carboxylic acids is 2. The minimum absolute atomic E-state index is 0.0489. The summed E-state index contributed by atoms with van der Waals surface area (Å²) in [5.74, 6) is 2.88. The number of nitro benzene ring substituents is 1. The van der Waals surface area contributed by atoms with Crippen LogP contribution in [-0.4, -0.2) is 34.2 Å². The highest BCUT2D eigenvalue weighted by atomic mass is 32.2. The highest BCUT2D eigenvalue weighted by Gasteiger charge is 2.35. The van der Waals surface area contributed by atoms with Gasteiger partial charge in [-0.1, -0.05) is 24.1 Å². The van der Waals surface area contributed by atoms with Gasteiger partial charge in [-0.3, -0.25) is 24.6 Å². The number of amides is 2. The number of nitro groups is 1. The molecule has 2 aromatic carbocycles. The lowest BCUT2D eigenvalue weighted by Crippen LogP contribution is -2.27. The van der Waals surface area contributed by atoms with Gasteiger partial charge in [0.15, 0.2) is 11.5 Å². The molecule has 1 fully saturated rings. The first-order valence-corrected chi connectivity index (χ1v) is 10.1. The van der Waals surface area contributed by atoms with Gasteiger partial charge in [-0.15, -0.1) is 6.42 Å². The Hall–Kier alpha value is -3.77. The summed E-state index contributed by atoms with van der Waals surface area (Å²) in [4.78, 5) is 36.9. The third-order valence-electron chi connectivity index (χ3n) is 4.21. The van der Waals surface area contributed by atoms with E-state index in [1.54, 1.807) is 30.3 Å². The summed E-state index contributed by atoms with van der Waals surface area (Å²) < 4.78 is 11.0. The van der Waals surface area contributed by atoms with Crippen LogP contribution in [-0.2, 0) is 11.3 Å². The summed E-state index contributed by atoms with van der Waals surface area (Å²) in [5, 5.41) is 10.5. The normalized spacial score (nSPS) is 14.6. The third-order valence-corrected chi connectivity index (χ3v) is 5.12. The zero-order valence-corrected chi connectivity index (χ0v) is 17.4. The molecule has 158 valence electrons. The number of hydrogen-bond donors (Lipinski definition) is 0. The van der Waals surface area contributed by atoms with E-state index < -0.39 is 16.1 Å². The van der Waals surface area contributed by atoms with Gasteiger partial charge in [-0.25, -0.2) is 0 Å². The predicted molar refractivity (Wildman–Crippen MR) is 117 cm³/mol. The highest BCUT2D eigenvalue weighted by Crippen LogP contribution is 2.35. The maximum atomic E-state index is 12.8. The Kier molecular flexibility index (Phi) is 6.95. The van der Waals surface area contributed by atoms with Gasteiger partial charge >= 0.3 is 0 Å². The number of hydrogen-bond acceptors (Lipinski definition) is 7. The minimum Gasteiger partial charge on any atom is -0.490 e. The lowest BCUT2D eigenvalue weighted by atomic mass is 10.1. The molecule has 0 saturated carbocycles. The maximum absolute atomic E-state index is 12.8. The second-order valence-electron chi connectivity index (χ2n) is 6.33. The second-order valence-corrected chi connectivity index (χ2v) is 7.32. The fourth-order valence-electron chi connectivity index (χ4n) is 2.86. The first-order chi connectivity index (χ1) is 14.9. The van der Waals surface area contributed by atoms with Gasteiger partial charge < -0.3 is 9.47 Å². The molecule has 2 aromatic rings. The molecule has 1 aliphatic rings. The largest absolute Gasteiger partial charge is 0.490 e. The molecule has 0 unspecified atom stereocenters.